The van der Waals surface area contributed by atoms with Gasteiger partial charge in [0.25, 0.3) is 5.91 Å². The smallest absolute Gasteiger partial charge is 0.253 e. The topological polar surface area (TPSA) is 46.4 Å². The van der Waals surface area contributed by atoms with Gasteiger partial charge in [0.1, 0.15) is 5.65 Å². The molecule has 0 fully saturated rings. The van der Waals surface area contributed by atoms with Gasteiger partial charge >= 0.3 is 0 Å². The lowest BCUT2D eigenvalue weighted by Gasteiger charge is -2.02. The molecule has 4 nitrogen and oxygen atoms in total. The predicted molar refractivity (Wildman–Crippen MR) is 57.7 cm³/mol. The van der Waals surface area contributed by atoms with E-state index in [1.807, 2.05) is 10.5 Å². The van der Waals surface area contributed by atoms with Gasteiger partial charge in [-0.1, -0.05) is 6.08 Å². The molecule has 0 bridgehead atoms. The van der Waals surface area contributed by atoms with Crippen molar-refractivity contribution in [3.63, 3.8) is 0 Å². The quantitative estimate of drug-likeness (QED) is 0.760. The summed E-state index contributed by atoms with van der Waals surface area (Å²) in [5, 5.41) is 2.71. The summed E-state index contributed by atoms with van der Waals surface area (Å²) in [6.45, 7) is 4.01. The summed E-state index contributed by atoms with van der Waals surface area (Å²) in [6, 6.07) is 3.56. The third kappa shape index (κ3) is 1.88. The lowest BCUT2D eigenvalue weighted by atomic mass is 10.2. The van der Waals surface area contributed by atoms with Crippen molar-refractivity contribution in [1.82, 2.24) is 14.7 Å². The van der Waals surface area contributed by atoms with Crippen LogP contribution in [0.25, 0.3) is 5.65 Å². The van der Waals surface area contributed by atoms with Crippen LogP contribution in [-0.4, -0.2) is 21.8 Å². The number of fused-ring (bicyclic) bond motifs is 1. The zero-order valence-electron chi connectivity index (χ0n) is 8.18. The molecule has 0 saturated carbocycles. The highest BCUT2D eigenvalue weighted by Gasteiger charge is 2.04. The van der Waals surface area contributed by atoms with E-state index in [2.05, 4.69) is 16.9 Å². The normalized spacial score (nSPS) is 10.1. The number of carbonyl (C=O) groups is 1. The fraction of sp³-hybridized carbons (Fsp3) is 0.0909. The maximum Gasteiger partial charge on any atom is 0.253 e. The summed E-state index contributed by atoms with van der Waals surface area (Å²) in [5.74, 6) is -0.106. The van der Waals surface area contributed by atoms with Gasteiger partial charge in [0.2, 0.25) is 0 Å². The molecule has 0 aliphatic heterocycles. The summed E-state index contributed by atoms with van der Waals surface area (Å²) < 4.78 is 1.81. The number of pyridine rings is 1. The van der Waals surface area contributed by atoms with E-state index in [0.29, 0.717) is 12.1 Å². The highest BCUT2D eigenvalue weighted by Crippen LogP contribution is 2.04. The molecule has 76 valence electrons. The molecular weight excluding hydrogens is 190 g/mol. The zero-order chi connectivity index (χ0) is 10.7. The Balaban J connectivity index is 2.27. The van der Waals surface area contributed by atoms with Crippen LogP contribution in [0.3, 0.4) is 0 Å². The molecule has 0 aliphatic carbocycles. The Morgan fingerprint density at radius 1 is 1.60 bits per heavy atom. The van der Waals surface area contributed by atoms with E-state index < -0.39 is 0 Å². The second kappa shape index (κ2) is 3.96. The molecule has 0 unspecified atom stereocenters. The van der Waals surface area contributed by atoms with Gasteiger partial charge < -0.3 is 9.72 Å². The lowest BCUT2D eigenvalue weighted by Crippen LogP contribution is -2.23. The zero-order valence-corrected chi connectivity index (χ0v) is 8.18. The Morgan fingerprint density at radius 2 is 2.47 bits per heavy atom. The van der Waals surface area contributed by atoms with Crippen molar-refractivity contribution in [1.29, 1.82) is 0 Å². The van der Waals surface area contributed by atoms with Crippen LogP contribution < -0.4 is 5.32 Å². The maximum absolute atomic E-state index is 11.6. The fourth-order valence-electron chi connectivity index (χ4n) is 1.32. The molecule has 0 aliphatic rings. The molecule has 1 amide bonds. The third-order valence-electron chi connectivity index (χ3n) is 2.06. The summed E-state index contributed by atoms with van der Waals surface area (Å²) in [4.78, 5) is 15.7. The van der Waals surface area contributed by atoms with Crippen molar-refractivity contribution in [3.05, 3.63) is 48.9 Å². The minimum atomic E-state index is -0.106. The van der Waals surface area contributed by atoms with Gasteiger partial charge in [-0.3, -0.25) is 4.79 Å². The van der Waals surface area contributed by atoms with Crippen LogP contribution in [0.1, 0.15) is 10.4 Å². The van der Waals surface area contributed by atoms with Crippen molar-refractivity contribution >= 4 is 11.6 Å². The van der Waals surface area contributed by atoms with Crippen molar-refractivity contribution in [2.45, 2.75) is 0 Å². The molecule has 2 heterocycles. The Kier molecular flexibility index (Phi) is 2.49. The average Bonchev–Trinajstić information content (AvgIpc) is 2.72. The van der Waals surface area contributed by atoms with Crippen LogP contribution in [0.4, 0.5) is 0 Å². The molecule has 0 spiro atoms. The van der Waals surface area contributed by atoms with Gasteiger partial charge in [-0.05, 0) is 12.1 Å². The summed E-state index contributed by atoms with van der Waals surface area (Å²) >= 11 is 0. The Hall–Kier alpha value is -2.10. The molecular formula is C11H11N3O. The van der Waals surface area contributed by atoms with E-state index in [-0.39, 0.29) is 5.91 Å². The van der Waals surface area contributed by atoms with E-state index in [1.165, 1.54) is 0 Å². The van der Waals surface area contributed by atoms with Crippen LogP contribution in [0.5, 0.6) is 0 Å². The summed E-state index contributed by atoms with van der Waals surface area (Å²) in [5.41, 5.74) is 1.44. The number of amides is 1. The molecule has 2 aromatic rings. The number of hydrogen-bond donors (Lipinski definition) is 1. The second-order valence-corrected chi connectivity index (χ2v) is 3.11. The SMILES string of the molecule is C=CCNC(=O)c1ccc2nccn2c1. The van der Waals surface area contributed by atoms with Crippen LogP contribution in [-0.2, 0) is 0 Å². The number of nitrogens with one attached hydrogen (secondary N) is 1. The highest BCUT2D eigenvalue weighted by molar-refractivity contribution is 5.94. The van der Waals surface area contributed by atoms with E-state index in [1.54, 1.807) is 30.7 Å². The van der Waals surface area contributed by atoms with Crippen LogP contribution in [0.15, 0.2) is 43.4 Å². The number of imidazole rings is 1. The van der Waals surface area contributed by atoms with Gasteiger partial charge in [-0.25, -0.2) is 4.98 Å². The van der Waals surface area contributed by atoms with Crippen LogP contribution >= 0.6 is 0 Å². The van der Waals surface area contributed by atoms with Crippen molar-refractivity contribution in [3.8, 4) is 0 Å². The Bertz CT molecular complexity index is 501. The second-order valence-electron chi connectivity index (χ2n) is 3.11. The van der Waals surface area contributed by atoms with Gasteiger partial charge in [0.05, 0.1) is 5.56 Å². The first-order valence-corrected chi connectivity index (χ1v) is 4.63. The molecule has 0 aromatic carbocycles. The Morgan fingerprint density at radius 3 is 3.27 bits per heavy atom. The molecule has 1 N–H and O–H groups in total. The third-order valence-corrected chi connectivity index (χ3v) is 2.06. The first-order chi connectivity index (χ1) is 7.31. The van der Waals surface area contributed by atoms with Gasteiger partial charge in [-0.2, -0.15) is 0 Å². The molecule has 0 radical (unpaired) electrons. The van der Waals surface area contributed by atoms with Crippen molar-refractivity contribution in [2.24, 2.45) is 0 Å². The van der Waals surface area contributed by atoms with E-state index in [4.69, 9.17) is 0 Å². The van der Waals surface area contributed by atoms with Crippen LogP contribution in [0.2, 0.25) is 0 Å². The molecule has 2 rings (SSSR count). The number of carbonyl (C=O) groups excluding carboxylic acids is 1. The monoisotopic (exact) mass is 201 g/mol. The summed E-state index contributed by atoms with van der Waals surface area (Å²) in [6.07, 6.45) is 6.90. The van der Waals surface area contributed by atoms with Crippen molar-refractivity contribution < 1.29 is 4.79 Å². The molecule has 15 heavy (non-hydrogen) atoms. The maximum atomic E-state index is 11.6. The molecule has 4 heteroatoms. The van der Waals surface area contributed by atoms with E-state index in [0.717, 1.165) is 5.65 Å². The number of hydrogen-bond acceptors (Lipinski definition) is 2. The van der Waals surface area contributed by atoms with E-state index >= 15 is 0 Å². The lowest BCUT2D eigenvalue weighted by molar-refractivity contribution is 0.0957. The summed E-state index contributed by atoms with van der Waals surface area (Å²) in [7, 11) is 0. The minimum absolute atomic E-state index is 0.106. The molecule has 0 saturated heterocycles. The molecule has 0 atom stereocenters. The van der Waals surface area contributed by atoms with Gasteiger partial charge in [0.15, 0.2) is 0 Å². The minimum Gasteiger partial charge on any atom is -0.349 e. The first-order valence-electron chi connectivity index (χ1n) is 4.63. The van der Waals surface area contributed by atoms with Crippen LogP contribution in [0, 0.1) is 0 Å². The average molecular weight is 201 g/mol. The first kappa shape index (κ1) is 9.45. The van der Waals surface area contributed by atoms with Gasteiger partial charge in [0, 0.05) is 25.1 Å². The fourth-order valence-corrected chi connectivity index (χ4v) is 1.32. The highest BCUT2D eigenvalue weighted by atomic mass is 16.1. The molecule has 2 aromatic heterocycles. The Labute approximate surface area is 87.3 Å². The number of nitrogens with zero attached hydrogens (tertiary/aromatic N) is 2. The predicted octanol–water partition coefficient (Wildman–Crippen LogP) is 1.25. The van der Waals surface area contributed by atoms with Gasteiger partial charge in [-0.15, -0.1) is 6.58 Å². The number of aromatic nitrogens is 2. The number of rotatable bonds is 3. The van der Waals surface area contributed by atoms with Crippen molar-refractivity contribution in [2.75, 3.05) is 6.54 Å². The van der Waals surface area contributed by atoms with E-state index in [9.17, 15) is 4.79 Å². The largest absolute Gasteiger partial charge is 0.349 e. The standard InChI is InChI=1S/C11H11N3O/c1-2-5-13-11(15)9-3-4-10-12-6-7-14(10)8-9/h2-4,6-8H,1,5H2,(H,13,15).